The molecule has 0 amide bonds. The molecule has 0 N–H and O–H groups in total. The van der Waals surface area contributed by atoms with Crippen LogP contribution in [0.4, 0.5) is 5.69 Å². The minimum absolute atomic E-state index is 0.0899. The van der Waals surface area contributed by atoms with E-state index in [9.17, 15) is 10.1 Å². The smallest absolute Gasteiger partial charge is 0.269 e. The fraction of sp³-hybridized carbons (Fsp3) is 0.308. The number of non-ortho nitro benzene ring substituents is 1. The lowest BCUT2D eigenvalue weighted by Crippen LogP contribution is -2.01. The van der Waals surface area contributed by atoms with E-state index in [4.69, 9.17) is 4.52 Å². The Morgan fingerprint density at radius 3 is 2.61 bits per heavy atom. The molecule has 1 heterocycles. The van der Waals surface area contributed by atoms with Crippen molar-refractivity contribution in [3.05, 3.63) is 45.6 Å². The van der Waals surface area contributed by atoms with Gasteiger partial charge in [-0.25, -0.2) is 0 Å². The zero-order valence-electron chi connectivity index (χ0n) is 9.76. The van der Waals surface area contributed by atoms with Gasteiger partial charge in [-0.2, -0.15) is 0 Å². The first-order valence-corrected chi connectivity index (χ1v) is 5.98. The van der Waals surface area contributed by atoms with Crippen LogP contribution < -0.4 is 0 Å². The molecule has 1 aromatic heterocycles. The zero-order valence-corrected chi connectivity index (χ0v) is 9.76. The first-order valence-electron chi connectivity index (χ1n) is 5.98. The van der Waals surface area contributed by atoms with Gasteiger partial charge < -0.3 is 4.52 Å². The van der Waals surface area contributed by atoms with Gasteiger partial charge in [0.05, 0.1) is 10.6 Å². The summed E-state index contributed by atoms with van der Waals surface area (Å²) in [5.41, 5.74) is 3.15. The van der Waals surface area contributed by atoms with Crippen LogP contribution in [0.1, 0.15) is 24.1 Å². The summed E-state index contributed by atoms with van der Waals surface area (Å²) in [6.45, 7) is 0. The zero-order chi connectivity index (χ0) is 12.5. The van der Waals surface area contributed by atoms with Crippen LogP contribution in [-0.2, 0) is 12.8 Å². The second-order valence-corrected chi connectivity index (χ2v) is 4.45. The van der Waals surface area contributed by atoms with Crippen LogP contribution in [0.5, 0.6) is 0 Å². The molecule has 2 aromatic rings. The number of benzene rings is 1. The fourth-order valence-electron chi connectivity index (χ4n) is 2.35. The Bertz CT molecular complexity index is 587. The third kappa shape index (κ3) is 1.77. The molecular weight excluding hydrogens is 232 g/mol. The van der Waals surface area contributed by atoms with Crippen molar-refractivity contribution in [1.82, 2.24) is 5.16 Å². The predicted octanol–water partition coefficient (Wildman–Crippen LogP) is 3.13. The lowest BCUT2D eigenvalue weighted by molar-refractivity contribution is -0.384. The van der Waals surface area contributed by atoms with Gasteiger partial charge in [-0.15, -0.1) is 0 Å². The lowest BCUT2D eigenvalue weighted by atomic mass is 9.94. The summed E-state index contributed by atoms with van der Waals surface area (Å²) >= 11 is 0. The number of aromatic nitrogens is 1. The predicted molar refractivity (Wildman–Crippen MR) is 65.2 cm³/mol. The van der Waals surface area contributed by atoms with E-state index in [1.165, 1.54) is 12.1 Å². The van der Waals surface area contributed by atoms with Gasteiger partial charge in [-0.1, -0.05) is 5.16 Å². The van der Waals surface area contributed by atoms with Crippen molar-refractivity contribution in [3.63, 3.8) is 0 Å². The highest BCUT2D eigenvalue weighted by atomic mass is 16.6. The highest BCUT2D eigenvalue weighted by Gasteiger charge is 2.20. The average molecular weight is 244 g/mol. The Hall–Kier alpha value is -2.17. The van der Waals surface area contributed by atoms with Crippen molar-refractivity contribution in [2.24, 2.45) is 0 Å². The van der Waals surface area contributed by atoms with E-state index in [-0.39, 0.29) is 5.69 Å². The number of fused-ring (bicyclic) bond motifs is 1. The van der Waals surface area contributed by atoms with E-state index in [1.54, 1.807) is 12.1 Å². The number of rotatable bonds is 2. The Labute approximate surface area is 104 Å². The maximum Gasteiger partial charge on any atom is 0.269 e. The second kappa shape index (κ2) is 4.25. The highest BCUT2D eigenvalue weighted by molar-refractivity contribution is 5.63. The van der Waals surface area contributed by atoms with Gasteiger partial charge in [-0.05, 0) is 37.8 Å². The maximum atomic E-state index is 10.6. The molecular formula is C13H12N2O3. The summed E-state index contributed by atoms with van der Waals surface area (Å²) in [5, 5.41) is 14.7. The topological polar surface area (TPSA) is 69.2 Å². The van der Waals surface area contributed by atoms with E-state index in [2.05, 4.69) is 5.16 Å². The van der Waals surface area contributed by atoms with Crippen LogP contribution in [0.25, 0.3) is 11.3 Å². The second-order valence-electron chi connectivity index (χ2n) is 4.45. The normalized spacial score (nSPS) is 14.2. The molecule has 5 nitrogen and oxygen atoms in total. The van der Waals surface area contributed by atoms with Crippen LogP contribution in [0.3, 0.4) is 0 Å². The molecule has 0 aliphatic heterocycles. The van der Waals surface area contributed by atoms with Gasteiger partial charge in [-0.3, -0.25) is 10.1 Å². The lowest BCUT2D eigenvalue weighted by Gasteiger charge is -2.08. The van der Waals surface area contributed by atoms with Gasteiger partial charge in [0, 0.05) is 23.3 Å². The third-order valence-electron chi connectivity index (χ3n) is 3.30. The molecule has 0 bridgehead atoms. The molecule has 92 valence electrons. The number of aryl methyl sites for hydroxylation is 1. The van der Waals surface area contributed by atoms with Crippen LogP contribution in [-0.4, -0.2) is 10.1 Å². The molecule has 1 aliphatic rings. The van der Waals surface area contributed by atoms with E-state index in [0.29, 0.717) is 0 Å². The first kappa shape index (κ1) is 11.0. The molecule has 18 heavy (non-hydrogen) atoms. The van der Waals surface area contributed by atoms with Gasteiger partial charge in [0.25, 0.3) is 5.69 Å². The van der Waals surface area contributed by atoms with Crippen LogP contribution in [0.15, 0.2) is 28.8 Å². The minimum Gasteiger partial charge on any atom is -0.356 e. The number of nitro groups is 1. The van der Waals surface area contributed by atoms with Gasteiger partial charge in [0.1, 0.15) is 0 Å². The van der Waals surface area contributed by atoms with Gasteiger partial charge in [0.15, 0.2) is 5.76 Å². The van der Waals surface area contributed by atoms with Crippen molar-refractivity contribution in [1.29, 1.82) is 0 Å². The molecule has 0 unspecified atom stereocenters. The average Bonchev–Trinajstić information content (AvgIpc) is 2.82. The summed E-state index contributed by atoms with van der Waals surface area (Å²) in [7, 11) is 0. The summed E-state index contributed by atoms with van der Waals surface area (Å²) in [5.74, 6) is 0.764. The molecule has 0 fully saturated rings. The van der Waals surface area contributed by atoms with Crippen LogP contribution in [0, 0.1) is 10.1 Å². The van der Waals surface area contributed by atoms with Crippen LogP contribution in [0.2, 0.25) is 0 Å². The molecule has 1 aliphatic carbocycles. The number of nitrogens with zero attached hydrogens (tertiary/aromatic N) is 2. The SMILES string of the molecule is O=[N+]([O-])c1ccc(-c2onc3c2CCCC3)cc1. The van der Waals surface area contributed by atoms with Gasteiger partial charge >= 0.3 is 0 Å². The summed E-state index contributed by atoms with van der Waals surface area (Å²) < 4.78 is 5.38. The number of nitro benzene ring substituents is 1. The molecule has 3 rings (SSSR count). The van der Waals surface area contributed by atoms with E-state index < -0.39 is 4.92 Å². The Balaban J connectivity index is 1.99. The molecule has 0 radical (unpaired) electrons. The Morgan fingerprint density at radius 1 is 1.17 bits per heavy atom. The van der Waals surface area contributed by atoms with Crippen molar-refractivity contribution in [2.75, 3.05) is 0 Å². The van der Waals surface area contributed by atoms with E-state index >= 15 is 0 Å². The van der Waals surface area contributed by atoms with Gasteiger partial charge in [0.2, 0.25) is 0 Å². The van der Waals surface area contributed by atoms with Crippen molar-refractivity contribution >= 4 is 5.69 Å². The Kier molecular flexibility index (Phi) is 2.59. The summed E-state index contributed by atoms with van der Waals surface area (Å²) in [6, 6.07) is 6.42. The van der Waals surface area contributed by atoms with Crippen LogP contribution >= 0.6 is 0 Å². The molecule has 1 aromatic carbocycles. The molecule has 0 spiro atoms. The third-order valence-corrected chi connectivity index (χ3v) is 3.30. The highest BCUT2D eigenvalue weighted by Crippen LogP contribution is 2.32. The molecule has 0 atom stereocenters. The standard InChI is InChI=1S/C13H12N2O3/c16-15(17)10-7-5-9(6-8-10)13-11-3-1-2-4-12(11)14-18-13/h5-8H,1-4H2. The number of hydrogen-bond acceptors (Lipinski definition) is 4. The fourth-order valence-corrected chi connectivity index (χ4v) is 2.35. The summed E-state index contributed by atoms with van der Waals surface area (Å²) in [4.78, 5) is 10.2. The van der Waals surface area contributed by atoms with E-state index in [1.807, 2.05) is 0 Å². The quantitative estimate of drug-likeness (QED) is 0.601. The first-order chi connectivity index (χ1) is 8.75. The van der Waals surface area contributed by atoms with Crippen molar-refractivity contribution < 1.29 is 9.45 Å². The minimum atomic E-state index is -0.403. The monoisotopic (exact) mass is 244 g/mol. The van der Waals surface area contributed by atoms with E-state index in [0.717, 1.165) is 48.3 Å². The molecule has 0 saturated heterocycles. The molecule has 0 saturated carbocycles. The number of hydrogen-bond donors (Lipinski definition) is 0. The maximum absolute atomic E-state index is 10.6. The van der Waals surface area contributed by atoms with Crippen molar-refractivity contribution in [2.45, 2.75) is 25.7 Å². The van der Waals surface area contributed by atoms with Crippen molar-refractivity contribution in [3.8, 4) is 11.3 Å². The largest absolute Gasteiger partial charge is 0.356 e. The Morgan fingerprint density at radius 2 is 1.89 bits per heavy atom. The molecule has 5 heteroatoms. The summed E-state index contributed by atoms with van der Waals surface area (Å²) in [6.07, 6.45) is 4.24.